The van der Waals surface area contributed by atoms with E-state index in [1.54, 1.807) is 43.5 Å². The summed E-state index contributed by atoms with van der Waals surface area (Å²) in [5, 5.41) is 6.11. The van der Waals surface area contributed by atoms with E-state index < -0.39 is 16.1 Å². The summed E-state index contributed by atoms with van der Waals surface area (Å²) in [6, 6.07) is 22.9. The first kappa shape index (κ1) is 21.6. The molecule has 8 heteroatoms. The number of sulfonamides is 1. The number of carbonyl (C=O) groups is 1. The number of nitrogens with one attached hydrogen (secondary N) is 1. The standard InChI is InChI=1S/C24H23N3O4S/c1-31-23-15-9-7-13-19(23)21-16-22(18-12-6-8-14-20(18)26-32(2,29)30)27(25-21)24(28)17-10-4-3-5-11-17/h3-15,22,26H,16H2,1-2H3/t22-/m1/s1. The van der Waals surface area contributed by atoms with E-state index in [0.717, 1.165) is 11.8 Å². The van der Waals surface area contributed by atoms with Crippen molar-refractivity contribution < 1.29 is 17.9 Å². The number of ether oxygens (including phenoxy) is 1. The number of anilines is 1. The molecule has 0 aromatic heterocycles. The van der Waals surface area contributed by atoms with Gasteiger partial charge in [-0.05, 0) is 30.3 Å². The molecule has 0 radical (unpaired) electrons. The van der Waals surface area contributed by atoms with Crippen LogP contribution in [0.15, 0.2) is 84.0 Å². The van der Waals surface area contributed by atoms with Gasteiger partial charge in [-0.1, -0.05) is 48.5 Å². The lowest BCUT2D eigenvalue weighted by Crippen LogP contribution is -2.28. The first-order valence-electron chi connectivity index (χ1n) is 10.0. The Hall–Kier alpha value is -3.65. The maximum Gasteiger partial charge on any atom is 0.274 e. The molecule has 1 amide bonds. The van der Waals surface area contributed by atoms with Crippen LogP contribution in [-0.4, -0.2) is 38.4 Å². The van der Waals surface area contributed by atoms with Crippen LogP contribution in [0.4, 0.5) is 5.69 Å². The van der Waals surface area contributed by atoms with Crippen molar-refractivity contribution in [2.45, 2.75) is 12.5 Å². The van der Waals surface area contributed by atoms with Gasteiger partial charge in [0, 0.05) is 23.1 Å². The van der Waals surface area contributed by atoms with Gasteiger partial charge in [-0.25, -0.2) is 13.4 Å². The maximum atomic E-state index is 13.4. The highest BCUT2D eigenvalue weighted by molar-refractivity contribution is 7.92. The minimum atomic E-state index is -3.51. The average molecular weight is 450 g/mol. The van der Waals surface area contributed by atoms with Gasteiger partial charge in [0.25, 0.3) is 5.91 Å². The summed E-state index contributed by atoms with van der Waals surface area (Å²) in [6.07, 6.45) is 1.50. The van der Waals surface area contributed by atoms with Crippen LogP contribution in [0.25, 0.3) is 0 Å². The van der Waals surface area contributed by atoms with Gasteiger partial charge in [-0.15, -0.1) is 0 Å². The van der Waals surface area contributed by atoms with Crippen molar-refractivity contribution in [1.29, 1.82) is 0 Å². The Morgan fingerprint density at radius 1 is 1.00 bits per heavy atom. The molecule has 0 unspecified atom stereocenters. The van der Waals surface area contributed by atoms with E-state index in [2.05, 4.69) is 9.82 Å². The van der Waals surface area contributed by atoms with Gasteiger partial charge in [0.2, 0.25) is 10.0 Å². The van der Waals surface area contributed by atoms with Crippen molar-refractivity contribution in [2.75, 3.05) is 18.1 Å². The van der Waals surface area contributed by atoms with Crippen molar-refractivity contribution >= 4 is 27.3 Å². The van der Waals surface area contributed by atoms with Crippen LogP contribution in [0.3, 0.4) is 0 Å². The van der Waals surface area contributed by atoms with E-state index in [4.69, 9.17) is 4.74 Å². The quantitative estimate of drug-likeness (QED) is 0.615. The molecule has 0 fully saturated rings. The Kier molecular flexibility index (Phi) is 5.96. The van der Waals surface area contributed by atoms with E-state index in [0.29, 0.717) is 34.7 Å². The zero-order valence-electron chi connectivity index (χ0n) is 17.7. The number of hydrogen-bond acceptors (Lipinski definition) is 5. The van der Waals surface area contributed by atoms with Gasteiger partial charge in [0.05, 0.1) is 30.8 Å². The molecule has 164 valence electrons. The highest BCUT2D eigenvalue weighted by Gasteiger charge is 2.36. The fraction of sp³-hybridized carbons (Fsp3) is 0.167. The Morgan fingerprint density at radius 2 is 1.66 bits per heavy atom. The van der Waals surface area contributed by atoms with Crippen LogP contribution < -0.4 is 9.46 Å². The number of amides is 1. The number of methoxy groups -OCH3 is 1. The highest BCUT2D eigenvalue weighted by atomic mass is 32.2. The van der Waals surface area contributed by atoms with Crippen LogP contribution in [0.1, 0.15) is 33.9 Å². The van der Waals surface area contributed by atoms with E-state index in [-0.39, 0.29) is 5.91 Å². The third-order valence-electron chi connectivity index (χ3n) is 5.17. The van der Waals surface area contributed by atoms with Gasteiger partial charge in [0.15, 0.2) is 0 Å². The zero-order chi connectivity index (χ0) is 22.7. The zero-order valence-corrected chi connectivity index (χ0v) is 18.5. The first-order valence-corrected chi connectivity index (χ1v) is 11.9. The van der Waals surface area contributed by atoms with Crippen molar-refractivity contribution in [1.82, 2.24) is 5.01 Å². The summed E-state index contributed by atoms with van der Waals surface area (Å²) in [7, 11) is -1.92. The molecule has 1 aliphatic heterocycles. The van der Waals surface area contributed by atoms with Crippen LogP contribution in [-0.2, 0) is 10.0 Å². The number of nitrogens with zero attached hydrogens (tertiary/aromatic N) is 2. The monoisotopic (exact) mass is 449 g/mol. The Bertz CT molecular complexity index is 1270. The summed E-state index contributed by atoms with van der Waals surface area (Å²) >= 11 is 0. The fourth-order valence-corrected chi connectivity index (χ4v) is 4.36. The third kappa shape index (κ3) is 4.50. The minimum Gasteiger partial charge on any atom is -0.496 e. The summed E-state index contributed by atoms with van der Waals surface area (Å²) in [5.41, 5.74) is 3.05. The van der Waals surface area contributed by atoms with Gasteiger partial charge in [-0.3, -0.25) is 9.52 Å². The molecule has 32 heavy (non-hydrogen) atoms. The number of carbonyl (C=O) groups excluding carboxylic acids is 1. The minimum absolute atomic E-state index is 0.269. The lowest BCUT2D eigenvalue weighted by Gasteiger charge is -2.24. The number of hydrazone groups is 1. The Labute approximate surface area is 187 Å². The molecule has 1 atom stereocenters. The molecule has 0 aliphatic carbocycles. The van der Waals surface area contributed by atoms with Gasteiger partial charge in [0.1, 0.15) is 5.75 Å². The summed E-state index contributed by atoms with van der Waals surface area (Å²) in [6.45, 7) is 0. The van der Waals surface area contributed by atoms with E-state index in [1.807, 2.05) is 42.5 Å². The maximum absolute atomic E-state index is 13.4. The molecule has 1 N–H and O–H groups in total. The summed E-state index contributed by atoms with van der Waals surface area (Å²) < 4.78 is 31.9. The Morgan fingerprint density at radius 3 is 2.38 bits per heavy atom. The smallest absolute Gasteiger partial charge is 0.274 e. The van der Waals surface area contributed by atoms with Crippen molar-refractivity contribution in [3.05, 3.63) is 95.6 Å². The van der Waals surface area contributed by atoms with Crippen LogP contribution in [0.5, 0.6) is 5.75 Å². The highest BCUT2D eigenvalue weighted by Crippen LogP contribution is 2.38. The molecule has 7 nitrogen and oxygen atoms in total. The third-order valence-corrected chi connectivity index (χ3v) is 5.76. The topological polar surface area (TPSA) is 88.1 Å². The molecular weight excluding hydrogens is 426 g/mol. The molecule has 0 saturated heterocycles. The number of hydrogen-bond donors (Lipinski definition) is 1. The molecular formula is C24H23N3O4S. The predicted octanol–water partition coefficient (Wildman–Crippen LogP) is 4.06. The second-order valence-electron chi connectivity index (χ2n) is 7.44. The van der Waals surface area contributed by atoms with Crippen LogP contribution >= 0.6 is 0 Å². The molecule has 3 aromatic rings. The van der Waals surface area contributed by atoms with Crippen molar-refractivity contribution in [2.24, 2.45) is 5.10 Å². The van der Waals surface area contributed by atoms with Gasteiger partial charge >= 0.3 is 0 Å². The normalized spacial score (nSPS) is 15.9. The largest absolute Gasteiger partial charge is 0.496 e. The van der Waals surface area contributed by atoms with Crippen LogP contribution in [0, 0.1) is 0 Å². The number of rotatable bonds is 6. The molecule has 0 saturated carbocycles. The molecule has 4 rings (SSSR count). The molecule has 0 spiro atoms. The molecule has 1 aliphatic rings. The second-order valence-corrected chi connectivity index (χ2v) is 9.19. The van der Waals surface area contributed by atoms with Crippen molar-refractivity contribution in [3.63, 3.8) is 0 Å². The molecule has 1 heterocycles. The lowest BCUT2D eigenvalue weighted by molar-refractivity contribution is 0.0712. The van der Waals surface area contributed by atoms with Gasteiger partial charge in [-0.2, -0.15) is 5.10 Å². The first-order chi connectivity index (χ1) is 15.4. The number of para-hydroxylation sites is 2. The fourth-order valence-electron chi connectivity index (χ4n) is 3.78. The lowest BCUT2D eigenvalue weighted by atomic mass is 9.96. The predicted molar refractivity (Wildman–Crippen MR) is 124 cm³/mol. The van der Waals surface area contributed by atoms with E-state index in [1.165, 1.54) is 5.01 Å². The second kappa shape index (κ2) is 8.84. The summed E-state index contributed by atoms with van der Waals surface area (Å²) in [5.74, 6) is 0.385. The van der Waals surface area contributed by atoms with E-state index in [9.17, 15) is 13.2 Å². The molecule has 3 aromatic carbocycles. The number of benzene rings is 3. The van der Waals surface area contributed by atoms with Crippen molar-refractivity contribution in [3.8, 4) is 5.75 Å². The average Bonchev–Trinajstić information content (AvgIpc) is 3.23. The van der Waals surface area contributed by atoms with E-state index >= 15 is 0 Å². The van der Waals surface area contributed by atoms with Crippen LogP contribution in [0.2, 0.25) is 0 Å². The Balaban J connectivity index is 1.81. The van der Waals surface area contributed by atoms with Gasteiger partial charge < -0.3 is 4.74 Å². The molecule has 0 bridgehead atoms. The summed E-state index contributed by atoms with van der Waals surface area (Å²) in [4.78, 5) is 13.4. The SMILES string of the molecule is COc1ccccc1C1=NN(C(=O)c2ccccc2)[C@@H](c2ccccc2NS(C)(=O)=O)C1.